The molecule has 0 aromatic carbocycles. The lowest BCUT2D eigenvalue weighted by Crippen LogP contribution is -1.83. The lowest BCUT2D eigenvalue weighted by atomic mass is 10.3. The first-order valence-electron chi connectivity index (χ1n) is 3.77. The Labute approximate surface area is 72.4 Å². The maximum absolute atomic E-state index is 5.38. The predicted molar refractivity (Wildman–Crippen MR) is 44.9 cm³/mol. The van der Waals surface area contributed by atoms with E-state index in [2.05, 4.69) is 20.4 Å². The van der Waals surface area contributed by atoms with Gasteiger partial charge in [-0.05, 0) is 17.3 Å². The molecule has 0 fully saturated rings. The van der Waals surface area contributed by atoms with Crippen LogP contribution in [0.3, 0.4) is 0 Å². The van der Waals surface area contributed by atoms with Gasteiger partial charge in [0, 0.05) is 6.20 Å². The maximum Gasteiger partial charge on any atom is 0.229 e. The third-order valence-corrected chi connectivity index (χ3v) is 1.84. The number of pyridine rings is 1. The lowest BCUT2D eigenvalue weighted by Gasteiger charge is -1.82. The fourth-order valence-electron chi connectivity index (χ4n) is 1.28. The molecule has 0 aliphatic rings. The molecule has 0 aliphatic heterocycles. The van der Waals surface area contributed by atoms with Crippen LogP contribution in [-0.2, 0) is 0 Å². The third kappa shape index (κ3) is 0.807. The SMILES string of the molecule is c1cnc2oc3cnnnc3c2c1. The molecular formula is C8H4N4O. The Morgan fingerprint density at radius 2 is 2.31 bits per heavy atom. The van der Waals surface area contributed by atoms with E-state index in [1.54, 1.807) is 6.20 Å². The minimum absolute atomic E-state index is 0.569. The number of hydrogen-bond acceptors (Lipinski definition) is 5. The molecule has 0 unspecified atom stereocenters. The molecule has 5 nitrogen and oxygen atoms in total. The first kappa shape index (κ1) is 6.47. The summed E-state index contributed by atoms with van der Waals surface area (Å²) in [5.41, 5.74) is 1.89. The zero-order valence-corrected chi connectivity index (χ0v) is 6.51. The van der Waals surface area contributed by atoms with E-state index < -0.39 is 0 Å². The van der Waals surface area contributed by atoms with Crippen molar-refractivity contribution in [3.05, 3.63) is 24.5 Å². The van der Waals surface area contributed by atoms with Crippen LogP contribution in [0.4, 0.5) is 0 Å². The minimum Gasteiger partial charge on any atom is -0.434 e. The fraction of sp³-hybridized carbons (Fsp3) is 0. The number of furan rings is 1. The summed E-state index contributed by atoms with van der Waals surface area (Å²) in [6, 6.07) is 3.72. The van der Waals surface area contributed by atoms with Gasteiger partial charge in [-0.25, -0.2) is 4.98 Å². The van der Waals surface area contributed by atoms with Crippen LogP contribution in [0.25, 0.3) is 22.2 Å². The van der Waals surface area contributed by atoms with Crippen LogP contribution in [0.5, 0.6) is 0 Å². The van der Waals surface area contributed by atoms with E-state index in [1.165, 1.54) is 6.20 Å². The first-order valence-corrected chi connectivity index (χ1v) is 3.77. The van der Waals surface area contributed by atoms with Crippen LogP contribution in [-0.4, -0.2) is 20.4 Å². The highest BCUT2D eigenvalue weighted by atomic mass is 16.3. The quantitative estimate of drug-likeness (QED) is 0.509. The molecular weight excluding hydrogens is 168 g/mol. The van der Waals surface area contributed by atoms with Gasteiger partial charge in [0.15, 0.2) is 5.58 Å². The number of aromatic nitrogens is 4. The summed E-state index contributed by atoms with van der Waals surface area (Å²) < 4.78 is 5.38. The van der Waals surface area contributed by atoms with Crippen LogP contribution in [0.15, 0.2) is 28.9 Å². The Hall–Kier alpha value is -2.04. The van der Waals surface area contributed by atoms with E-state index in [0.29, 0.717) is 16.8 Å². The molecule has 62 valence electrons. The van der Waals surface area contributed by atoms with Crippen LogP contribution in [0, 0.1) is 0 Å². The Kier molecular flexibility index (Phi) is 1.11. The normalized spacial score (nSPS) is 11.1. The smallest absolute Gasteiger partial charge is 0.229 e. The Morgan fingerprint density at radius 1 is 1.31 bits per heavy atom. The minimum atomic E-state index is 0.569. The number of hydrogen-bond donors (Lipinski definition) is 0. The summed E-state index contributed by atoms with van der Waals surface area (Å²) in [5, 5.41) is 11.9. The van der Waals surface area contributed by atoms with Crippen molar-refractivity contribution in [2.24, 2.45) is 0 Å². The van der Waals surface area contributed by atoms with Crippen LogP contribution < -0.4 is 0 Å². The van der Waals surface area contributed by atoms with Gasteiger partial charge in [-0.3, -0.25) is 0 Å². The molecule has 0 bridgehead atoms. The van der Waals surface area contributed by atoms with E-state index >= 15 is 0 Å². The highest BCUT2D eigenvalue weighted by Gasteiger charge is 2.07. The van der Waals surface area contributed by atoms with Gasteiger partial charge in [0.2, 0.25) is 5.71 Å². The molecule has 0 spiro atoms. The monoisotopic (exact) mass is 172 g/mol. The van der Waals surface area contributed by atoms with Crippen molar-refractivity contribution in [2.75, 3.05) is 0 Å². The van der Waals surface area contributed by atoms with Crippen molar-refractivity contribution in [1.29, 1.82) is 0 Å². The van der Waals surface area contributed by atoms with Gasteiger partial charge in [-0.2, -0.15) is 0 Å². The molecule has 0 saturated heterocycles. The van der Waals surface area contributed by atoms with Gasteiger partial charge in [0.25, 0.3) is 0 Å². The van der Waals surface area contributed by atoms with Gasteiger partial charge in [0.05, 0.1) is 11.6 Å². The average molecular weight is 172 g/mol. The molecule has 5 heteroatoms. The molecule has 0 N–H and O–H groups in total. The van der Waals surface area contributed by atoms with E-state index in [9.17, 15) is 0 Å². The summed E-state index contributed by atoms with van der Waals surface area (Å²) in [4.78, 5) is 4.06. The Balaban J connectivity index is 2.64. The molecule has 0 radical (unpaired) electrons. The topological polar surface area (TPSA) is 64.7 Å². The van der Waals surface area contributed by atoms with Gasteiger partial charge < -0.3 is 4.42 Å². The highest BCUT2D eigenvalue weighted by Crippen LogP contribution is 2.22. The number of fused-ring (bicyclic) bond motifs is 3. The highest BCUT2D eigenvalue weighted by molar-refractivity contribution is 5.99. The Bertz CT molecular complexity index is 524. The summed E-state index contributed by atoms with van der Waals surface area (Å²) in [6.45, 7) is 0. The van der Waals surface area contributed by atoms with E-state index in [1.807, 2.05) is 12.1 Å². The zero-order valence-electron chi connectivity index (χ0n) is 6.51. The second-order valence-corrected chi connectivity index (χ2v) is 2.61. The van der Waals surface area contributed by atoms with Crippen molar-refractivity contribution in [2.45, 2.75) is 0 Å². The standard InChI is InChI=1S/C8H4N4O/c1-2-5-7-6(4-10-12-11-7)13-8(5)9-3-1/h1-4H. The maximum atomic E-state index is 5.38. The van der Waals surface area contributed by atoms with E-state index in [0.717, 1.165) is 5.39 Å². The van der Waals surface area contributed by atoms with Crippen LogP contribution >= 0.6 is 0 Å². The second-order valence-electron chi connectivity index (χ2n) is 2.61. The molecule has 3 heterocycles. The Morgan fingerprint density at radius 3 is 3.31 bits per heavy atom. The number of nitrogens with zero attached hydrogens (tertiary/aromatic N) is 4. The van der Waals surface area contributed by atoms with Gasteiger partial charge >= 0.3 is 0 Å². The van der Waals surface area contributed by atoms with Crippen molar-refractivity contribution in [1.82, 2.24) is 20.4 Å². The van der Waals surface area contributed by atoms with Crippen molar-refractivity contribution in [3.63, 3.8) is 0 Å². The van der Waals surface area contributed by atoms with Crippen molar-refractivity contribution in [3.8, 4) is 0 Å². The zero-order chi connectivity index (χ0) is 8.67. The molecule has 3 aromatic rings. The predicted octanol–water partition coefficient (Wildman–Crippen LogP) is 1.17. The first-order chi connectivity index (χ1) is 6.45. The van der Waals surface area contributed by atoms with Crippen LogP contribution in [0.1, 0.15) is 0 Å². The summed E-state index contributed by atoms with van der Waals surface area (Å²) in [6.07, 6.45) is 3.20. The summed E-state index contributed by atoms with van der Waals surface area (Å²) in [5.74, 6) is 0. The van der Waals surface area contributed by atoms with E-state index in [4.69, 9.17) is 4.42 Å². The average Bonchev–Trinajstić information content (AvgIpc) is 2.56. The van der Waals surface area contributed by atoms with Gasteiger partial charge in [0.1, 0.15) is 5.52 Å². The lowest BCUT2D eigenvalue weighted by molar-refractivity contribution is 0.647. The molecule has 0 saturated carbocycles. The molecule has 3 aromatic heterocycles. The molecule has 13 heavy (non-hydrogen) atoms. The number of rotatable bonds is 0. The van der Waals surface area contributed by atoms with Crippen molar-refractivity contribution >= 4 is 22.2 Å². The second kappa shape index (κ2) is 2.22. The third-order valence-electron chi connectivity index (χ3n) is 1.84. The van der Waals surface area contributed by atoms with Crippen LogP contribution in [0.2, 0.25) is 0 Å². The fourth-order valence-corrected chi connectivity index (χ4v) is 1.28. The molecule has 0 amide bonds. The molecule has 0 atom stereocenters. The van der Waals surface area contributed by atoms with Gasteiger partial charge in [-0.1, -0.05) is 0 Å². The molecule has 3 rings (SSSR count). The summed E-state index contributed by atoms with van der Waals surface area (Å²) in [7, 11) is 0. The molecule has 0 aliphatic carbocycles. The van der Waals surface area contributed by atoms with Crippen molar-refractivity contribution < 1.29 is 4.42 Å². The summed E-state index contributed by atoms with van der Waals surface area (Å²) >= 11 is 0. The van der Waals surface area contributed by atoms with E-state index in [-0.39, 0.29) is 0 Å². The largest absolute Gasteiger partial charge is 0.434 e. The van der Waals surface area contributed by atoms with Gasteiger partial charge in [-0.15, -0.1) is 10.2 Å².